The van der Waals surface area contributed by atoms with Crippen molar-refractivity contribution in [3.05, 3.63) is 33.8 Å². The Morgan fingerprint density at radius 3 is 2.18 bits per heavy atom. The third-order valence-electron chi connectivity index (χ3n) is 2.50. The van der Waals surface area contributed by atoms with Crippen LogP contribution in [-0.2, 0) is 16.0 Å². The molecule has 1 aromatic rings. The molecule has 0 amide bonds. The molecular weight excluding hydrogens is 267 g/mol. The minimum atomic E-state index is -1.91. The largest absolute Gasteiger partial charge is 0.480 e. The highest BCUT2D eigenvalue weighted by atomic mass is 35.5. The van der Waals surface area contributed by atoms with E-state index in [0.717, 1.165) is 6.92 Å². The van der Waals surface area contributed by atoms with Crippen molar-refractivity contribution in [2.45, 2.75) is 13.3 Å². The number of rotatable bonds is 4. The monoisotopic (exact) mass is 276 g/mol. The SMILES string of the molecule is CC(Cc1ccc(Cl)cc1Cl)(C(=O)O)C(=O)O. The molecule has 0 atom stereocenters. The first-order valence-electron chi connectivity index (χ1n) is 4.68. The molecular formula is C11H10Cl2O4. The highest BCUT2D eigenvalue weighted by molar-refractivity contribution is 6.35. The molecule has 17 heavy (non-hydrogen) atoms. The average Bonchev–Trinajstić information content (AvgIpc) is 2.21. The van der Waals surface area contributed by atoms with Gasteiger partial charge in [0, 0.05) is 16.5 Å². The molecule has 2 N–H and O–H groups in total. The Bertz CT molecular complexity index is 457. The number of halogens is 2. The normalized spacial score (nSPS) is 11.2. The molecule has 0 aliphatic carbocycles. The van der Waals surface area contributed by atoms with E-state index in [9.17, 15) is 9.59 Å². The lowest BCUT2D eigenvalue weighted by Crippen LogP contribution is -2.38. The highest BCUT2D eigenvalue weighted by Gasteiger charge is 2.42. The zero-order chi connectivity index (χ0) is 13.2. The Morgan fingerprint density at radius 1 is 1.24 bits per heavy atom. The highest BCUT2D eigenvalue weighted by Crippen LogP contribution is 2.29. The number of aliphatic carboxylic acids is 2. The molecule has 0 bridgehead atoms. The fourth-order valence-electron chi connectivity index (χ4n) is 1.29. The van der Waals surface area contributed by atoms with Gasteiger partial charge in [-0.15, -0.1) is 0 Å². The van der Waals surface area contributed by atoms with Gasteiger partial charge in [0.1, 0.15) is 0 Å². The molecule has 0 unspecified atom stereocenters. The summed E-state index contributed by atoms with van der Waals surface area (Å²) in [6.07, 6.45) is -0.201. The summed E-state index contributed by atoms with van der Waals surface area (Å²) in [4.78, 5) is 22.0. The Morgan fingerprint density at radius 2 is 1.76 bits per heavy atom. The molecule has 0 fully saturated rings. The van der Waals surface area contributed by atoms with Gasteiger partial charge in [0.2, 0.25) is 0 Å². The minimum absolute atomic E-state index is 0.201. The Labute approximate surface area is 108 Å². The summed E-state index contributed by atoms with van der Waals surface area (Å²) < 4.78 is 0. The van der Waals surface area contributed by atoms with Crippen LogP contribution in [0.3, 0.4) is 0 Å². The lowest BCUT2D eigenvalue weighted by Gasteiger charge is -2.20. The van der Waals surface area contributed by atoms with E-state index >= 15 is 0 Å². The molecule has 0 radical (unpaired) electrons. The van der Waals surface area contributed by atoms with E-state index in [-0.39, 0.29) is 11.4 Å². The third kappa shape index (κ3) is 2.90. The number of carboxylic acid groups (broad SMARTS) is 2. The number of benzene rings is 1. The predicted octanol–water partition coefficient (Wildman–Crippen LogP) is 2.71. The second kappa shape index (κ2) is 4.94. The zero-order valence-corrected chi connectivity index (χ0v) is 10.4. The van der Waals surface area contributed by atoms with Gasteiger partial charge in [-0.2, -0.15) is 0 Å². The molecule has 4 nitrogen and oxygen atoms in total. The van der Waals surface area contributed by atoms with Crippen LogP contribution in [0, 0.1) is 5.41 Å². The van der Waals surface area contributed by atoms with E-state index in [2.05, 4.69) is 0 Å². The third-order valence-corrected chi connectivity index (χ3v) is 3.09. The Kier molecular flexibility index (Phi) is 4.01. The van der Waals surface area contributed by atoms with Crippen molar-refractivity contribution in [1.29, 1.82) is 0 Å². The van der Waals surface area contributed by atoms with Gasteiger partial charge in [-0.05, 0) is 24.6 Å². The first kappa shape index (κ1) is 13.8. The van der Waals surface area contributed by atoms with E-state index in [4.69, 9.17) is 33.4 Å². The second-order valence-corrected chi connectivity index (χ2v) is 4.70. The van der Waals surface area contributed by atoms with Gasteiger partial charge in [0.15, 0.2) is 5.41 Å². The zero-order valence-electron chi connectivity index (χ0n) is 8.91. The lowest BCUT2D eigenvalue weighted by atomic mass is 9.84. The van der Waals surface area contributed by atoms with E-state index in [1.807, 2.05) is 0 Å². The fourth-order valence-corrected chi connectivity index (χ4v) is 1.76. The number of carbonyl (C=O) groups is 2. The van der Waals surface area contributed by atoms with Gasteiger partial charge < -0.3 is 10.2 Å². The lowest BCUT2D eigenvalue weighted by molar-refractivity contribution is -0.163. The molecule has 0 spiro atoms. The fraction of sp³-hybridized carbons (Fsp3) is 0.273. The summed E-state index contributed by atoms with van der Waals surface area (Å²) in [6.45, 7) is 1.14. The van der Waals surface area contributed by atoms with Gasteiger partial charge in [0.05, 0.1) is 0 Å². The topological polar surface area (TPSA) is 74.6 Å². The van der Waals surface area contributed by atoms with Crippen LogP contribution >= 0.6 is 23.2 Å². The van der Waals surface area contributed by atoms with Crippen LogP contribution in [0.25, 0.3) is 0 Å². The molecule has 1 aromatic carbocycles. The molecule has 0 saturated carbocycles. The van der Waals surface area contributed by atoms with Gasteiger partial charge in [-0.25, -0.2) is 0 Å². The van der Waals surface area contributed by atoms with Crippen molar-refractivity contribution >= 4 is 35.1 Å². The van der Waals surface area contributed by atoms with Crippen LogP contribution < -0.4 is 0 Å². The van der Waals surface area contributed by atoms with Crippen LogP contribution in [0.1, 0.15) is 12.5 Å². The number of carboxylic acids is 2. The average molecular weight is 277 g/mol. The van der Waals surface area contributed by atoms with E-state index in [1.54, 1.807) is 0 Å². The molecule has 92 valence electrons. The summed E-state index contributed by atoms with van der Waals surface area (Å²) in [5, 5.41) is 18.6. The summed E-state index contributed by atoms with van der Waals surface area (Å²) in [5.41, 5.74) is -1.47. The standard InChI is InChI=1S/C11H10Cl2O4/c1-11(9(14)15,10(16)17)5-6-2-3-7(12)4-8(6)13/h2-4H,5H2,1H3,(H,14,15)(H,16,17). The minimum Gasteiger partial charge on any atom is -0.480 e. The first-order valence-corrected chi connectivity index (χ1v) is 5.43. The van der Waals surface area contributed by atoms with Crippen LogP contribution in [0.15, 0.2) is 18.2 Å². The molecule has 0 aromatic heterocycles. The maximum Gasteiger partial charge on any atom is 0.321 e. The number of hydrogen-bond donors (Lipinski definition) is 2. The maximum absolute atomic E-state index is 11.0. The van der Waals surface area contributed by atoms with E-state index < -0.39 is 17.4 Å². The predicted molar refractivity (Wildman–Crippen MR) is 63.5 cm³/mol. The van der Waals surface area contributed by atoms with Gasteiger partial charge in [-0.1, -0.05) is 29.3 Å². The molecule has 0 aliphatic rings. The van der Waals surface area contributed by atoms with E-state index in [1.165, 1.54) is 18.2 Å². The molecule has 0 aliphatic heterocycles. The van der Waals surface area contributed by atoms with Crippen molar-refractivity contribution in [3.63, 3.8) is 0 Å². The summed E-state index contributed by atoms with van der Waals surface area (Å²) >= 11 is 11.6. The summed E-state index contributed by atoms with van der Waals surface area (Å²) in [6, 6.07) is 4.50. The first-order chi connectivity index (χ1) is 7.77. The van der Waals surface area contributed by atoms with E-state index in [0.29, 0.717) is 10.6 Å². The number of hydrogen-bond acceptors (Lipinski definition) is 2. The quantitative estimate of drug-likeness (QED) is 0.830. The Hall–Kier alpha value is -1.26. The van der Waals surface area contributed by atoms with Crippen LogP contribution in [0.5, 0.6) is 0 Å². The molecule has 6 heteroatoms. The van der Waals surface area contributed by atoms with Crippen LogP contribution in [-0.4, -0.2) is 22.2 Å². The smallest absolute Gasteiger partial charge is 0.321 e. The molecule has 1 rings (SSSR count). The van der Waals surface area contributed by atoms with Crippen molar-refractivity contribution in [2.24, 2.45) is 5.41 Å². The van der Waals surface area contributed by atoms with Crippen molar-refractivity contribution < 1.29 is 19.8 Å². The maximum atomic E-state index is 11.0. The molecule has 0 heterocycles. The van der Waals surface area contributed by atoms with Gasteiger partial charge in [-0.3, -0.25) is 9.59 Å². The summed E-state index contributed by atoms with van der Waals surface area (Å²) in [5.74, 6) is -2.81. The molecule has 0 saturated heterocycles. The van der Waals surface area contributed by atoms with Crippen molar-refractivity contribution in [3.8, 4) is 0 Å². The van der Waals surface area contributed by atoms with Gasteiger partial charge in [0.25, 0.3) is 0 Å². The van der Waals surface area contributed by atoms with Crippen molar-refractivity contribution in [2.75, 3.05) is 0 Å². The van der Waals surface area contributed by atoms with Crippen molar-refractivity contribution in [1.82, 2.24) is 0 Å². The summed E-state index contributed by atoms with van der Waals surface area (Å²) in [7, 11) is 0. The Balaban J connectivity index is 3.11. The van der Waals surface area contributed by atoms with Crippen LogP contribution in [0.4, 0.5) is 0 Å². The van der Waals surface area contributed by atoms with Crippen LogP contribution in [0.2, 0.25) is 10.0 Å². The second-order valence-electron chi connectivity index (χ2n) is 3.85. The van der Waals surface area contributed by atoms with Gasteiger partial charge >= 0.3 is 11.9 Å².